The van der Waals surface area contributed by atoms with Gasteiger partial charge >= 0.3 is 0 Å². The van der Waals surface area contributed by atoms with Crippen LogP contribution < -0.4 is 4.74 Å². The van der Waals surface area contributed by atoms with Crippen molar-refractivity contribution in [2.24, 2.45) is 0 Å². The Morgan fingerprint density at radius 2 is 2.00 bits per heavy atom. The fourth-order valence-corrected chi connectivity index (χ4v) is 2.41. The van der Waals surface area contributed by atoms with Crippen molar-refractivity contribution in [1.82, 2.24) is 9.38 Å². The molecule has 0 fully saturated rings. The molecule has 0 radical (unpaired) electrons. The van der Waals surface area contributed by atoms with E-state index in [-0.39, 0.29) is 11.6 Å². The lowest BCUT2D eigenvalue weighted by molar-refractivity contribution is 0.405. The molecule has 0 bridgehead atoms. The van der Waals surface area contributed by atoms with Gasteiger partial charge in [0.2, 0.25) is 11.7 Å². The summed E-state index contributed by atoms with van der Waals surface area (Å²) in [5.74, 6) is -1.91. The summed E-state index contributed by atoms with van der Waals surface area (Å²) in [7, 11) is 0. The van der Waals surface area contributed by atoms with Gasteiger partial charge in [0.1, 0.15) is 5.65 Å². The van der Waals surface area contributed by atoms with Crippen LogP contribution in [0.3, 0.4) is 0 Å². The Morgan fingerprint density at radius 1 is 1.15 bits per heavy atom. The minimum atomic E-state index is -1.02. The zero-order chi connectivity index (χ0) is 14.1. The van der Waals surface area contributed by atoms with Crippen LogP contribution >= 0.6 is 15.9 Å². The first-order valence-corrected chi connectivity index (χ1v) is 6.96. The van der Waals surface area contributed by atoms with Crippen molar-refractivity contribution < 1.29 is 13.5 Å². The van der Waals surface area contributed by atoms with Gasteiger partial charge in [-0.3, -0.25) is 4.40 Å². The number of rotatable bonds is 3. The fourth-order valence-electron chi connectivity index (χ4n) is 1.90. The highest BCUT2D eigenvalue weighted by atomic mass is 79.9. The molecule has 0 saturated carbocycles. The lowest BCUT2D eigenvalue weighted by Gasteiger charge is -2.05. The van der Waals surface area contributed by atoms with E-state index in [2.05, 4.69) is 20.9 Å². The Morgan fingerprint density at radius 3 is 2.80 bits per heavy atom. The molecule has 3 rings (SSSR count). The van der Waals surface area contributed by atoms with Crippen LogP contribution in [0, 0.1) is 11.6 Å². The molecule has 0 aliphatic carbocycles. The average molecular weight is 339 g/mol. The molecule has 0 amide bonds. The highest BCUT2D eigenvalue weighted by Gasteiger charge is 2.16. The molecule has 2 heterocycles. The molecule has 2 aromatic heterocycles. The Kier molecular flexibility index (Phi) is 3.40. The van der Waals surface area contributed by atoms with Crippen LogP contribution in [0.15, 0.2) is 42.6 Å². The van der Waals surface area contributed by atoms with Crippen molar-refractivity contribution in [2.45, 2.75) is 5.33 Å². The van der Waals surface area contributed by atoms with E-state index in [1.807, 2.05) is 22.7 Å². The number of aromatic nitrogens is 2. The smallest absolute Gasteiger partial charge is 0.242 e. The van der Waals surface area contributed by atoms with E-state index < -0.39 is 11.6 Å². The van der Waals surface area contributed by atoms with Gasteiger partial charge < -0.3 is 4.74 Å². The maximum Gasteiger partial charge on any atom is 0.242 e. The van der Waals surface area contributed by atoms with Crippen molar-refractivity contribution in [3.63, 3.8) is 0 Å². The Balaban J connectivity index is 2.08. The van der Waals surface area contributed by atoms with Crippen molar-refractivity contribution in [3.8, 4) is 11.6 Å². The molecular weight excluding hydrogens is 330 g/mol. The maximum atomic E-state index is 13.6. The van der Waals surface area contributed by atoms with E-state index in [0.29, 0.717) is 11.0 Å². The van der Waals surface area contributed by atoms with E-state index in [9.17, 15) is 8.78 Å². The number of benzene rings is 1. The number of alkyl halides is 1. The highest BCUT2D eigenvalue weighted by molar-refractivity contribution is 9.08. The predicted molar refractivity (Wildman–Crippen MR) is 74.3 cm³/mol. The van der Waals surface area contributed by atoms with Crippen LogP contribution in [0.2, 0.25) is 0 Å². The zero-order valence-electron chi connectivity index (χ0n) is 10.2. The standard InChI is InChI=1S/C14H9BrF2N2O/c15-8-10-14(18-12-6-1-2-7-19(10)12)20-11-5-3-4-9(16)13(11)17/h1-7H,8H2. The number of fused-ring (bicyclic) bond motifs is 1. The third kappa shape index (κ3) is 2.16. The Bertz CT molecular complexity index is 773. The SMILES string of the molecule is Fc1cccc(Oc2nc3ccccn3c2CBr)c1F. The zero-order valence-corrected chi connectivity index (χ0v) is 11.8. The van der Waals surface area contributed by atoms with Gasteiger partial charge in [-0.1, -0.05) is 28.1 Å². The summed E-state index contributed by atoms with van der Waals surface area (Å²) in [4.78, 5) is 4.27. The molecule has 0 spiro atoms. The number of nitrogens with zero attached hydrogens (tertiary/aromatic N) is 2. The van der Waals surface area contributed by atoms with Gasteiger partial charge in [-0.05, 0) is 24.3 Å². The molecular formula is C14H9BrF2N2O. The quantitative estimate of drug-likeness (QED) is 0.665. The number of hydrogen-bond donors (Lipinski definition) is 0. The van der Waals surface area contributed by atoms with Crippen LogP contribution in [0.5, 0.6) is 11.6 Å². The molecule has 0 aliphatic heterocycles. The van der Waals surface area contributed by atoms with Gasteiger partial charge in [-0.15, -0.1) is 0 Å². The first-order chi connectivity index (χ1) is 9.70. The third-order valence-corrected chi connectivity index (χ3v) is 3.37. The van der Waals surface area contributed by atoms with Gasteiger partial charge in [0.15, 0.2) is 11.6 Å². The van der Waals surface area contributed by atoms with E-state index in [1.54, 1.807) is 6.07 Å². The van der Waals surface area contributed by atoms with Crippen molar-refractivity contribution in [2.75, 3.05) is 0 Å². The number of pyridine rings is 1. The summed E-state index contributed by atoms with van der Waals surface area (Å²) in [5.41, 5.74) is 1.40. The lowest BCUT2D eigenvalue weighted by Crippen LogP contribution is -1.95. The molecule has 0 N–H and O–H groups in total. The largest absolute Gasteiger partial charge is 0.434 e. The van der Waals surface area contributed by atoms with Crippen molar-refractivity contribution >= 4 is 21.6 Å². The Hall–Kier alpha value is -1.95. The Labute approximate surface area is 122 Å². The average Bonchev–Trinajstić information content (AvgIpc) is 2.81. The van der Waals surface area contributed by atoms with E-state index >= 15 is 0 Å². The van der Waals surface area contributed by atoms with Crippen molar-refractivity contribution in [3.05, 3.63) is 59.9 Å². The molecule has 1 aromatic carbocycles. The van der Waals surface area contributed by atoms with Crippen molar-refractivity contribution in [1.29, 1.82) is 0 Å². The second kappa shape index (κ2) is 5.20. The maximum absolute atomic E-state index is 13.6. The van der Waals surface area contributed by atoms with Crippen LogP contribution in [0.25, 0.3) is 5.65 Å². The van der Waals surface area contributed by atoms with Crippen LogP contribution in [-0.2, 0) is 5.33 Å². The number of imidazole rings is 1. The molecule has 6 heteroatoms. The van der Waals surface area contributed by atoms with Crippen LogP contribution in [-0.4, -0.2) is 9.38 Å². The topological polar surface area (TPSA) is 26.5 Å². The third-order valence-electron chi connectivity index (χ3n) is 2.84. The van der Waals surface area contributed by atoms with E-state index in [4.69, 9.17) is 4.74 Å². The number of hydrogen-bond acceptors (Lipinski definition) is 2. The lowest BCUT2D eigenvalue weighted by atomic mass is 10.3. The molecule has 0 atom stereocenters. The molecule has 0 saturated heterocycles. The number of ether oxygens (including phenoxy) is 1. The summed E-state index contributed by atoms with van der Waals surface area (Å²) >= 11 is 3.35. The molecule has 20 heavy (non-hydrogen) atoms. The summed E-state index contributed by atoms with van der Waals surface area (Å²) in [5, 5.41) is 0.477. The monoisotopic (exact) mass is 338 g/mol. The highest BCUT2D eigenvalue weighted by Crippen LogP contribution is 2.29. The molecule has 0 aliphatic rings. The summed E-state index contributed by atoms with van der Waals surface area (Å²) in [6, 6.07) is 9.29. The van der Waals surface area contributed by atoms with Gasteiger partial charge in [0.25, 0.3) is 0 Å². The number of halogens is 3. The van der Waals surface area contributed by atoms with Gasteiger partial charge in [0, 0.05) is 11.5 Å². The second-order valence-electron chi connectivity index (χ2n) is 4.08. The van der Waals surface area contributed by atoms with E-state index in [1.165, 1.54) is 12.1 Å². The van der Waals surface area contributed by atoms with Crippen LogP contribution in [0.1, 0.15) is 5.69 Å². The molecule has 0 unspecified atom stereocenters. The van der Waals surface area contributed by atoms with Gasteiger partial charge in [-0.2, -0.15) is 9.37 Å². The predicted octanol–water partition coefficient (Wildman–Crippen LogP) is 4.30. The minimum absolute atomic E-state index is 0.185. The summed E-state index contributed by atoms with van der Waals surface area (Å²) < 4.78 is 34.1. The minimum Gasteiger partial charge on any atom is -0.434 e. The second-order valence-corrected chi connectivity index (χ2v) is 4.64. The fraction of sp³-hybridized carbons (Fsp3) is 0.0714. The van der Waals surface area contributed by atoms with Gasteiger partial charge in [0.05, 0.1) is 5.69 Å². The molecule has 3 aromatic rings. The molecule has 3 nitrogen and oxygen atoms in total. The first kappa shape index (κ1) is 13.1. The first-order valence-electron chi connectivity index (χ1n) is 5.84. The molecule has 102 valence electrons. The summed E-state index contributed by atoms with van der Waals surface area (Å²) in [6.07, 6.45) is 1.83. The van der Waals surface area contributed by atoms with Crippen LogP contribution in [0.4, 0.5) is 8.78 Å². The summed E-state index contributed by atoms with van der Waals surface area (Å²) in [6.45, 7) is 0. The normalized spacial score (nSPS) is 10.9. The van der Waals surface area contributed by atoms with E-state index in [0.717, 1.165) is 11.8 Å². The van der Waals surface area contributed by atoms with Gasteiger partial charge in [-0.25, -0.2) is 4.39 Å².